The molecule has 3 aromatic carbocycles. The van der Waals surface area contributed by atoms with E-state index >= 15 is 0 Å². The molecule has 3 aromatic rings. The van der Waals surface area contributed by atoms with E-state index < -0.39 is 29.0 Å². The van der Waals surface area contributed by atoms with Gasteiger partial charge in [0.05, 0.1) is 42.7 Å². The predicted octanol–water partition coefficient (Wildman–Crippen LogP) is 5.42. The minimum absolute atomic E-state index is 0.310. The Labute approximate surface area is 266 Å². The highest BCUT2D eigenvalue weighted by atomic mass is 79.9. The van der Waals surface area contributed by atoms with Crippen molar-refractivity contribution in [2.45, 2.75) is 17.0 Å². The Morgan fingerprint density at radius 1 is 0.455 bits per heavy atom. The minimum Gasteiger partial charge on any atom is -0.497 e. The molecule has 0 amide bonds. The van der Waals surface area contributed by atoms with Crippen LogP contribution in [0.15, 0.2) is 72.8 Å². The van der Waals surface area contributed by atoms with Crippen LogP contribution in [0, 0.1) is 0 Å². The zero-order chi connectivity index (χ0) is 33.1. The summed E-state index contributed by atoms with van der Waals surface area (Å²) in [6, 6.07) is 21.4. The Balaban J connectivity index is 0.000000330. The Hall–Kier alpha value is -4.13. The molecule has 0 aromatic heterocycles. The molecule has 44 heavy (non-hydrogen) atoms. The number of hydrogen-bond acceptors (Lipinski definition) is 11. The van der Waals surface area contributed by atoms with Gasteiger partial charge in [-0.25, -0.2) is 9.59 Å². The average molecular weight is 680 g/mol. The summed E-state index contributed by atoms with van der Waals surface area (Å²) < 4.78 is 39.0. The number of rotatable bonds is 11. The van der Waals surface area contributed by atoms with E-state index in [2.05, 4.69) is 30.1 Å². The smallest absolute Gasteiger partial charge is 0.339 e. The molecule has 11 nitrogen and oxygen atoms in total. The number of hydrogen-bond donors (Lipinski definition) is 0. The molecule has 3 rings (SSSR count). The van der Waals surface area contributed by atoms with Crippen LogP contribution in [0.4, 0.5) is 0 Å². The molecule has 0 aliphatic heterocycles. The topological polar surface area (TPSA) is 125 Å². The van der Waals surface area contributed by atoms with Gasteiger partial charge in [-0.05, 0) is 53.1 Å². The van der Waals surface area contributed by atoms with E-state index in [0.29, 0.717) is 0 Å². The summed E-state index contributed by atoms with van der Waals surface area (Å²) >= 11 is 3.24. The molecular weight excluding hydrogens is 640 g/mol. The van der Waals surface area contributed by atoms with E-state index in [9.17, 15) is 14.4 Å². The van der Waals surface area contributed by atoms with E-state index in [0.717, 1.165) is 33.9 Å². The molecule has 0 heterocycles. The third-order valence-electron chi connectivity index (χ3n) is 5.96. The van der Waals surface area contributed by atoms with Crippen molar-refractivity contribution in [2.75, 3.05) is 56.9 Å². The minimum atomic E-state index is -0.680. The largest absolute Gasteiger partial charge is 0.497 e. The molecule has 3 atom stereocenters. The highest BCUT2D eigenvalue weighted by Crippen LogP contribution is 2.26. The van der Waals surface area contributed by atoms with Crippen molar-refractivity contribution in [3.8, 4) is 17.2 Å². The molecule has 0 fully saturated rings. The quantitative estimate of drug-likeness (QED) is 0.147. The van der Waals surface area contributed by atoms with Gasteiger partial charge in [-0.15, -0.1) is 0 Å². The van der Waals surface area contributed by atoms with Crippen LogP contribution in [0.5, 0.6) is 17.2 Å². The van der Waals surface area contributed by atoms with Crippen molar-refractivity contribution >= 4 is 33.8 Å². The molecule has 240 valence electrons. The highest BCUT2D eigenvalue weighted by molar-refractivity contribution is 9.09. The lowest BCUT2D eigenvalue weighted by Crippen LogP contribution is -2.15. The van der Waals surface area contributed by atoms with E-state index in [4.69, 9.17) is 23.7 Å². The fourth-order valence-electron chi connectivity index (χ4n) is 3.52. The van der Waals surface area contributed by atoms with Crippen molar-refractivity contribution in [3.05, 3.63) is 89.5 Å². The molecule has 0 spiro atoms. The first-order valence-electron chi connectivity index (χ1n) is 13.0. The van der Waals surface area contributed by atoms with Crippen molar-refractivity contribution in [1.82, 2.24) is 0 Å². The summed E-state index contributed by atoms with van der Waals surface area (Å²) in [6.45, 7) is 0. The lowest BCUT2D eigenvalue weighted by atomic mass is 10.1. The normalized spacial score (nSPS) is 11.9. The Bertz CT molecular complexity index is 1200. The van der Waals surface area contributed by atoms with Gasteiger partial charge in [0, 0.05) is 14.2 Å². The summed E-state index contributed by atoms with van der Waals surface area (Å²) in [5.74, 6) is 1.09. The van der Waals surface area contributed by atoms with Crippen LogP contribution in [-0.2, 0) is 38.1 Å². The van der Waals surface area contributed by atoms with E-state index in [1.54, 1.807) is 82.0 Å². The molecule has 1 unspecified atom stereocenters. The van der Waals surface area contributed by atoms with E-state index in [-0.39, 0.29) is 5.97 Å². The average Bonchev–Trinajstić information content (AvgIpc) is 3.09. The van der Waals surface area contributed by atoms with Gasteiger partial charge in [0.25, 0.3) is 0 Å². The monoisotopic (exact) mass is 678 g/mol. The number of methoxy groups -OCH3 is 8. The Morgan fingerprint density at radius 3 is 0.955 bits per heavy atom. The van der Waals surface area contributed by atoms with Crippen molar-refractivity contribution in [2.24, 2.45) is 0 Å². The molecule has 0 bridgehead atoms. The van der Waals surface area contributed by atoms with Gasteiger partial charge in [0.2, 0.25) is 0 Å². The lowest BCUT2D eigenvalue weighted by molar-refractivity contribution is -0.153. The van der Waals surface area contributed by atoms with Gasteiger partial charge in [-0.3, -0.25) is 4.79 Å². The number of ether oxygens (including phenoxy) is 8. The second-order valence-corrected chi connectivity index (χ2v) is 9.40. The molecule has 0 N–H and O–H groups in total. The lowest BCUT2D eigenvalue weighted by Gasteiger charge is -2.13. The zero-order valence-corrected chi connectivity index (χ0v) is 27.6. The summed E-state index contributed by atoms with van der Waals surface area (Å²) in [5.41, 5.74) is 2.33. The number of carbonyl (C=O) groups excluding carboxylic acids is 3. The fourth-order valence-corrected chi connectivity index (χ4v) is 4.01. The van der Waals surface area contributed by atoms with Crippen LogP contribution >= 0.6 is 15.9 Å². The van der Waals surface area contributed by atoms with Gasteiger partial charge in [-0.1, -0.05) is 52.3 Å². The maximum atomic E-state index is 11.3. The van der Waals surface area contributed by atoms with Crippen LogP contribution < -0.4 is 14.2 Å². The van der Waals surface area contributed by atoms with Gasteiger partial charge in [-0.2, -0.15) is 0 Å². The van der Waals surface area contributed by atoms with Crippen LogP contribution in [0.2, 0.25) is 0 Å². The van der Waals surface area contributed by atoms with Gasteiger partial charge in [0.15, 0.2) is 12.2 Å². The molecule has 0 aliphatic carbocycles. The molecule has 0 aliphatic rings. The zero-order valence-electron chi connectivity index (χ0n) is 26.0. The van der Waals surface area contributed by atoms with Crippen LogP contribution in [0.25, 0.3) is 0 Å². The third-order valence-corrected chi connectivity index (χ3v) is 6.86. The number of halogens is 1. The van der Waals surface area contributed by atoms with Gasteiger partial charge in [0.1, 0.15) is 22.1 Å². The van der Waals surface area contributed by atoms with Gasteiger partial charge < -0.3 is 37.9 Å². The first kappa shape index (κ1) is 37.9. The SMILES string of the molecule is COC(=O)C(Br)c1ccc(OC)cc1.COC(=O)[C@@H](OC)c1ccc(OC)cc1.COC(=O)[C@H](OC)c1ccc(OC)cc1. The van der Waals surface area contributed by atoms with Crippen LogP contribution in [-0.4, -0.2) is 74.8 Å². The summed E-state index contributed by atoms with van der Waals surface area (Å²) in [7, 11) is 11.7. The second-order valence-electron chi connectivity index (χ2n) is 8.48. The second kappa shape index (κ2) is 20.7. The van der Waals surface area contributed by atoms with Crippen LogP contribution in [0.1, 0.15) is 33.7 Å². The van der Waals surface area contributed by atoms with E-state index in [1.807, 2.05) is 12.1 Å². The predicted molar refractivity (Wildman–Crippen MR) is 166 cm³/mol. The van der Waals surface area contributed by atoms with E-state index in [1.165, 1.54) is 35.5 Å². The third kappa shape index (κ3) is 11.9. The first-order valence-corrected chi connectivity index (χ1v) is 13.9. The Kier molecular flexibility index (Phi) is 17.8. The van der Waals surface area contributed by atoms with Crippen LogP contribution in [0.3, 0.4) is 0 Å². The van der Waals surface area contributed by atoms with Crippen molar-refractivity contribution in [3.63, 3.8) is 0 Å². The summed E-state index contributed by atoms with van der Waals surface area (Å²) in [6.07, 6.45) is -1.36. The number of benzene rings is 3. The molecule has 0 saturated carbocycles. The molecule has 12 heteroatoms. The number of alkyl halides is 1. The maximum absolute atomic E-state index is 11.3. The standard InChI is InChI=1S/2C11H14O4.C10H11BrO3/c2*1-13-9-6-4-8(5-7-9)10(14-2)11(12)15-3;1-13-8-5-3-7(4-6-8)9(11)10(12)14-2/h2*4-7,10H,1-3H3;3-6,9H,1-2H3/t2*10-;/m10./s1. The maximum Gasteiger partial charge on any atom is 0.339 e. The van der Waals surface area contributed by atoms with Gasteiger partial charge >= 0.3 is 17.9 Å². The van der Waals surface area contributed by atoms with Crippen molar-refractivity contribution < 1.29 is 52.3 Å². The fraction of sp³-hybridized carbons (Fsp3) is 0.344. The Morgan fingerprint density at radius 2 is 0.727 bits per heavy atom. The molecular formula is C32H39BrO11. The molecule has 0 radical (unpaired) electrons. The summed E-state index contributed by atoms with van der Waals surface area (Å²) in [4.78, 5) is 33.4. The highest BCUT2D eigenvalue weighted by Gasteiger charge is 2.21. The first-order chi connectivity index (χ1) is 21.1. The number of carbonyl (C=O) groups is 3. The van der Waals surface area contributed by atoms with Crippen molar-refractivity contribution in [1.29, 1.82) is 0 Å². The summed E-state index contributed by atoms with van der Waals surface area (Å²) in [5, 5.41) is 0. The molecule has 0 saturated heterocycles. The number of esters is 3.